The molecule has 1 aliphatic rings. The van der Waals surface area contributed by atoms with Gasteiger partial charge in [0, 0.05) is 25.0 Å². The quantitative estimate of drug-likeness (QED) is 0.392. The molecule has 3 rings (SSSR count). The number of aliphatic hydroxyl groups is 1. The van der Waals surface area contributed by atoms with Crippen molar-refractivity contribution in [3.63, 3.8) is 0 Å². The molecule has 0 radical (unpaired) electrons. The van der Waals surface area contributed by atoms with Crippen LogP contribution in [-0.2, 0) is 19.0 Å². The number of allylic oxidation sites excluding steroid dienone is 1. The van der Waals surface area contributed by atoms with E-state index in [0.717, 1.165) is 5.56 Å². The third kappa shape index (κ3) is 5.91. The zero-order valence-corrected chi connectivity index (χ0v) is 18.8. The predicted octanol–water partition coefficient (Wildman–Crippen LogP) is 3.44. The van der Waals surface area contributed by atoms with Crippen molar-refractivity contribution < 1.29 is 28.9 Å². The van der Waals surface area contributed by atoms with E-state index in [0.29, 0.717) is 36.4 Å². The van der Waals surface area contributed by atoms with Crippen LogP contribution in [0.1, 0.15) is 41.6 Å². The normalized spacial score (nSPS) is 19.8. The van der Waals surface area contributed by atoms with E-state index in [4.69, 9.17) is 19.9 Å². The predicted molar refractivity (Wildman–Crippen MR) is 124 cm³/mol. The lowest BCUT2D eigenvalue weighted by atomic mass is 9.80. The van der Waals surface area contributed by atoms with Crippen molar-refractivity contribution in [3.05, 3.63) is 71.5 Å². The van der Waals surface area contributed by atoms with Gasteiger partial charge in [-0.25, -0.2) is 4.79 Å². The van der Waals surface area contributed by atoms with Gasteiger partial charge in [0.15, 0.2) is 5.76 Å². The summed E-state index contributed by atoms with van der Waals surface area (Å²) < 4.78 is 16.6. The number of amides is 1. The number of esters is 1. The van der Waals surface area contributed by atoms with Crippen LogP contribution in [-0.4, -0.2) is 43.6 Å². The van der Waals surface area contributed by atoms with Crippen LogP contribution >= 0.6 is 0 Å². The molecule has 0 aromatic heterocycles. The van der Waals surface area contributed by atoms with Crippen molar-refractivity contribution >= 4 is 23.3 Å². The average Bonchev–Trinajstić information content (AvgIpc) is 2.84. The van der Waals surface area contributed by atoms with E-state index in [1.54, 1.807) is 42.5 Å². The third-order valence-electron chi connectivity index (χ3n) is 5.56. The maximum atomic E-state index is 13.0. The van der Waals surface area contributed by atoms with Gasteiger partial charge in [-0.2, -0.15) is 0 Å². The number of nitrogen functional groups attached to an aromatic ring is 1. The summed E-state index contributed by atoms with van der Waals surface area (Å²) in [7, 11) is 1.33. The molecule has 0 aliphatic carbocycles. The zero-order valence-electron chi connectivity index (χ0n) is 18.8. The van der Waals surface area contributed by atoms with Crippen molar-refractivity contribution in [2.45, 2.75) is 32.0 Å². The maximum absolute atomic E-state index is 13.0. The van der Waals surface area contributed by atoms with Crippen LogP contribution in [0.4, 0.5) is 11.4 Å². The van der Waals surface area contributed by atoms with E-state index in [1.165, 1.54) is 7.11 Å². The molecule has 2 aromatic rings. The van der Waals surface area contributed by atoms with Crippen LogP contribution in [0.2, 0.25) is 0 Å². The molecule has 2 aromatic carbocycles. The molecule has 0 fully saturated rings. The number of rotatable bonds is 9. The number of nitrogens with two attached hydrogens (primary N) is 1. The minimum Gasteiger partial charge on any atom is -0.465 e. The lowest BCUT2D eigenvalue weighted by Crippen LogP contribution is -2.37. The smallest absolute Gasteiger partial charge is 0.337 e. The monoisotopic (exact) mass is 454 g/mol. The highest BCUT2D eigenvalue weighted by Crippen LogP contribution is 2.39. The Morgan fingerprint density at radius 3 is 2.52 bits per heavy atom. The van der Waals surface area contributed by atoms with Gasteiger partial charge in [-0.3, -0.25) is 4.79 Å². The van der Waals surface area contributed by atoms with Gasteiger partial charge in [-0.1, -0.05) is 24.3 Å². The molecular formula is C25H30N2O6. The maximum Gasteiger partial charge on any atom is 0.337 e. The van der Waals surface area contributed by atoms with Gasteiger partial charge in [-0.15, -0.1) is 0 Å². The molecular weight excluding hydrogens is 424 g/mol. The van der Waals surface area contributed by atoms with Gasteiger partial charge in [0.1, 0.15) is 0 Å². The minimum atomic E-state index is -0.675. The Bertz CT molecular complexity index is 989. The van der Waals surface area contributed by atoms with Gasteiger partial charge in [0.25, 0.3) is 5.91 Å². The standard InChI is InChI=1S/C25H30N2O6/c1-3-32-25-18(7-6-14-28)19(16-10-12-17(13-11-16)24(30)31-2)15-22(33-25)23(29)27-21-9-5-4-8-20(21)26/h4-5,8-13,15,18-19,25,28H,3,6-7,14,26H2,1-2H3,(H,27,29)/t18-,19+,25+/m1/s1. The number of anilines is 2. The number of nitrogens with one attached hydrogen (secondary N) is 1. The van der Waals surface area contributed by atoms with Crippen LogP contribution in [0.5, 0.6) is 0 Å². The Hall–Kier alpha value is -3.36. The number of para-hydroxylation sites is 2. The van der Waals surface area contributed by atoms with E-state index in [9.17, 15) is 14.7 Å². The lowest BCUT2D eigenvalue weighted by Gasteiger charge is -2.37. The van der Waals surface area contributed by atoms with Crippen LogP contribution in [0, 0.1) is 5.92 Å². The van der Waals surface area contributed by atoms with Crippen molar-refractivity contribution in [1.29, 1.82) is 0 Å². The summed E-state index contributed by atoms with van der Waals surface area (Å²) in [6.07, 6.45) is 2.27. The van der Waals surface area contributed by atoms with Gasteiger partial charge < -0.3 is 30.4 Å². The summed E-state index contributed by atoms with van der Waals surface area (Å²) in [5.41, 5.74) is 8.21. The molecule has 3 atom stereocenters. The number of hydrogen-bond acceptors (Lipinski definition) is 7. The molecule has 176 valence electrons. The number of benzene rings is 2. The van der Waals surface area contributed by atoms with Gasteiger partial charge in [-0.05, 0) is 55.7 Å². The van der Waals surface area contributed by atoms with Crippen molar-refractivity contribution in [3.8, 4) is 0 Å². The molecule has 8 heteroatoms. The number of ether oxygens (including phenoxy) is 3. The van der Waals surface area contributed by atoms with Crippen molar-refractivity contribution in [2.24, 2.45) is 5.92 Å². The van der Waals surface area contributed by atoms with Crippen LogP contribution < -0.4 is 11.1 Å². The van der Waals surface area contributed by atoms with Crippen LogP contribution in [0.3, 0.4) is 0 Å². The van der Waals surface area contributed by atoms with E-state index in [-0.39, 0.29) is 24.2 Å². The molecule has 1 aliphatic heterocycles. The average molecular weight is 455 g/mol. The number of carbonyl (C=O) groups excluding carboxylic acids is 2. The second-order valence-corrected chi connectivity index (χ2v) is 7.68. The van der Waals surface area contributed by atoms with Gasteiger partial charge >= 0.3 is 5.97 Å². The number of hydrogen-bond donors (Lipinski definition) is 3. The first-order valence-corrected chi connectivity index (χ1v) is 10.9. The van der Waals surface area contributed by atoms with Crippen molar-refractivity contribution in [1.82, 2.24) is 0 Å². The fraction of sp³-hybridized carbons (Fsp3) is 0.360. The summed E-state index contributed by atoms with van der Waals surface area (Å²) in [6.45, 7) is 2.29. The molecule has 33 heavy (non-hydrogen) atoms. The highest BCUT2D eigenvalue weighted by Gasteiger charge is 2.38. The summed E-state index contributed by atoms with van der Waals surface area (Å²) in [6, 6.07) is 14.0. The molecule has 4 N–H and O–H groups in total. The molecule has 1 amide bonds. The minimum absolute atomic E-state index is 0.0354. The first kappa shape index (κ1) is 24.3. The molecule has 8 nitrogen and oxygen atoms in total. The first-order valence-electron chi connectivity index (χ1n) is 10.9. The Kier molecular flexibility index (Phi) is 8.46. The molecule has 1 heterocycles. The number of aliphatic hydroxyl groups excluding tert-OH is 1. The first-order chi connectivity index (χ1) is 16.0. The summed E-state index contributed by atoms with van der Waals surface area (Å²) in [5.74, 6) is -1.11. The Morgan fingerprint density at radius 2 is 1.88 bits per heavy atom. The highest BCUT2D eigenvalue weighted by molar-refractivity contribution is 6.04. The third-order valence-corrected chi connectivity index (χ3v) is 5.56. The summed E-state index contributed by atoms with van der Waals surface area (Å²) in [5, 5.41) is 12.2. The molecule has 0 spiro atoms. The molecule has 0 saturated heterocycles. The summed E-state index contributed by atoms with van der Waals surface area (Å²) in [4.78, 5) is 24.9. The van der Waals surface area contributed by atoms with Gasteiger partial charge in [0.2, 0.25) is 6.29 Å². The van der Waals surface area contributed by atoms with Crippen LogP contribution in [0.25, 0.3) is 0 Å². The Morgan fingerprint density at radius 1 is 1.15 bits per heavy atom. The molecule has 0 unspecified atom stereocenters. The molecule has 0 saturated carbocycles. The highest BCUT2D eigenvalue weighted by atomic mass is 16.7. The van der Waals surface area contributed by atoms with E-state index < -0.39 is 18.2 Å². The van der Waals surface area contributed by atoms with E-state index in [2.05, 4.69) is 5.32 Å². The Labute approximate surface area is 193 Å². The van der Waals surface area contributed by atoms with E-state index >= 15 is 0 Å². The van der Waals surface area contributed by atoms with E-state index in [1.807, 2.05) is 19.1 Å². The van der Waals surface area contributed by atoms with Gasteiger partial charge in [0.05, 0.1) is 24.0 Å². The topological polar surface area (TPSA) is 120 Å². The second kappa shape index (κ2) is 11.5. The fourth-order valence-electron chi connectivity index (χ4n) is 3.90. The fourth-order valence-corrected chi connectivity index (χ4v) is 3.90. The number of carbonyl (C=O) groups is 2. The SMILES string of the molecule is CCO[C@H]1OC(C(=O)Nc2ccccc2N)=C[C@@H](c2ccc(C(=O)OC)cc2)[C@H]1CCCO. The zero-order chi connectivity index (χ0) is 23.8. The van der Waals surface area contributed by atoms with Crippen molar-refractivity contribution in [2.75, 3.05) is 31.4 Å². The number of methoxy groups -OCH3 is 1. The second-order valence-electron chi connectivity index (χ2n) is 7.68. The Balaban J connectivity index is 1.95. The summed E-state index contributed by atoms with van der Waals surface area (Å²) >= 11 is 0. The van der Waals surface area contributed by atoms with Crippen LogP contribution in [0.15, 0.2) is 60.4 Å². The largest absolute Gasteiger partial charge is 0.465 e. The molecule has 0 bridgehead atoms. The lowest BCUT2D eigenvalue weighted by molar-refractivity contribution is -0.165.